The molecule has 0 heterocycles. The molecule has 0 spiro atoms. The zero-order chi connectivity index (χ0) is 24.8. The fraction of sp³-hybridized carbons (Fsp3) is 0.375. The molecule has 3 amide bonds. The van der Waals surface area contributed by atoms with Crippen LogP contribution in [0.4, 0.5) is 4.79 Å². The van der Waals surface area contributed by atoms with E-state index in [9.17, 15) is 22.8 Å². The first-order valence-corrected chi connectivity index (χ1v) is 12.7. The molecule has 0 aliphatic rings. The number of hydrogen-bond donors (Lipinski definition) is 3. The number of unbranched alkanes of at least 4 members (excludes halogenated alkanes) is 2. The van der Waals surface area contributed by atoms with Crippen LogP contribution in [0.1, 0.15) is 37.7 Å². The fourth-order valence-electron chi connectivity index (χ4n) is 3.12. The number of rotatable bonds is 14. The van der Waals surface area contributed by atoms with E-state index in [2.05, 4.69) is 10.6 Å². The second-order valence-corrected chi connectivity index (χ2v) is 9.85. The van der Waals surface area contributed by atoms with Crippen LogP contribution in [0.25, 0.3) is 0 Å². The predicted molar refractivity (Wildman–Crippen MR) is 127 cm³/mol. The number of primary amides is 1. The van der Waals surface area contributed by atoms with E-state index in [1.165, 1.54) is 12.1 Å². The first-order chi connectivity index (χ1) is 16.3. The molecule has 0 aliphatic carbocycles. The number of nitrogens with one attached hydrogen (secondary N) is 2. The summed E-state index contributed by atoms with van der Waals surface area (Å²) in [5.74, 6) is -1.47. The number of hydrogen-bond acceptors (Lipinski definition) is 6. The van der Waals surface area contributed by atoms with E-state index < -0.39 is 27.9 Å². The highest BCUT2D eigenvalue weighted by Crippen LogP contribution is 2.12. The van der Waals surface area contributed by atoms with Crippen LogP contribution in [0, 0.1) is 0 Å². The van der Waals surface area contributed by atoms with Crippen molar-refractivity contribution in [2.24, 2.45) is 5.73 Å². The van der Waals surface area contributed by atoms with Crippen molar-refractivity contribution in [3.05, 3.63) is 66.2 Å². The molecule has 2 aromatic carbocycles. The van der Waals surface area contributed by atoms with Crippen molar-refractivity contribution in [3.8, 4) is 0 Å². The van der Waals surface area contributed by atoms with Gasteiger partial charge in [-0.15, -0.1) is 0 Å². The lowest BCUT2D eigenvalue weighted by Gasteiger charge is -2.15. The molecule has 10 heteroatoms. The summed E-state index contributed by atoms with van der Waals surface area (Å²) < 4.78 is 29.9. The lowest BCUT2D eigenvalue weighted by molar-refractivity contribution is -0.127. The summed E-state index contributed by atoms with van der Waals surface area (Å²) in [6, 6.07) is 16.2. The maximum absolute atomic E-state index is 12.4. The first kappa shape index (κ1) is 26.8. The van der Waals surface area contributed by atoms with Crippen molar-refractivity contribution in [1.29, 1.82) is 0 Å². The van der Waals surface area contributed by atoms with Crippen molar-refractivity contribution in [3.63, 3.8) is 0 Å². The summed E-state index contributed by atoms with van der Waals surface area (Å²) >= 11 is 0. The Labute approximate surface area is 200 Å². The van der Waals surface area contributed by atoms with Gasteiger partial charge in [-0.2, -0.15) is 0 Å². The molecule has 0 saturated heterocycles. The second-order valence-electron chi connectivity index (χ2n) is 7.74. The molecule has 9 nitrogen and oxygen atoms in total. The number of carbonyl (C=O) groups is 3. The van der Waals surface area contributed by atoms with Gasteiger partial charge in [0.05, 0.1) is 10.6 Å². The Morgan fingerprint density at radius 1 is 0.912 bits per heavy atom. The third-order valence-electron chi connectivity index (χ3n) is 5.02. The molecule has 4 N–H and O–H groups in total. The van der Waals surface area contributed by atoms with Crippen LogP contribution in [0.5, 0.6) is 0 Å². The Hall–Kier alpha value is -3.40. The molecule has 34 heavy (non-hydrogen) atoms. The molecular formula is C24H31N3O6S. The minimum Gasteiger partial charge on any atom is -0.445 e. The van der Waals surface area contributed by atoms with Crippen molar-refractivity contribution in [2.45, 2.75) is 49.6 Å². The van der Waals surface area contributed by atoms with Crippen LogP contribution < -0.4 is 16.4 Å². The van der Waals surface area contributed by atoms with E-state index in [4.69, 9.17) is 10.5 Å². The lowest BCUT2D eigenvalue weighted by Crippen LogP contribution is -2.45. The Bertz CT molecular complexity index is 1030. The molecule has 184 valence electrons. The van der Waals surface area contributed by atoms with Crippen LogP contribution in [0.3, 0.4) is 0 Å². The van der Waals surface area contributed by atoms with Gasteiger partial charge in [-0.1, -0.05) is 55.0 Å². The Morgan fingerprint density at radius 3 is 2.21 bits per heavy atom. The molecule has 0 aromatic heterocycles. The van der Waals surface area contributed by atoms with E-state index in [0.717, 1.165) is 5.56 Å². The highest BCUT2D eigenvalue weighted by Gasteiger charge is 2.22. The molecule has 0 aliphatic heterocycles. The number of nitrogens with two attached hydrogens (primary N) is 1. The van der Waals surface area contributed by atoms with Gasteiger partial charge in [-0.25, -0.2) is 13.2 Å². The van der Waals surface area contributed by atoms with Crippen LogP contribution >= 0.6 is 0 Å². The predicted octanol–water partition coefficient (Wildman–Crippen LogP) is 2.31. The van der Waals surface area contributed by atoms with Crippen molar-refractivity contribution in [1.82, 2.24) is 10.6 Å². The van der Waals surface area contributed by atoms with E-state index in [0.29, 0.717) is 25.8 Å². The molecule has 1 atom stereocenters. The number of ether oxygens (including phenoxy) is 1. The zero-order valence-electron chi connectivity index (χ0n) is 18.9. The highest BCUT2D eigenvalue weighted by atomic mass is 32.2. The largest absolute Gasteiger partial charge is 0.445 e. The summed E-state index contributed by atoms with van der Waals surface area (Å²) in [6.07, 6.45) is 1.43. The molecule has 2 aromatic rings. The minimum absolute atomic E-state index is 0.104. The molecule has 0 bridgehead atoms. The average Bonchev–Trinajstić information content (AvgIpc) is 2.83. The van der Waals surface area contributed by atoms with Gasteiger partial charge in [-0.05, 0) is 37.0 Å². The topological polar surface area (TPSA) is 145 Å². The Balaban J connectivity index is 1.61. The minimum atomic E-state index is -3.58. The maximum Gasteiger partial charge on any atom is 0.407 e. The Morgan fingerprint density at radius 2 is 1.56 bits per heavy atom. The number of amides is 3. The molecule has 0 fully saturated rings. The summed E-state index contributed by atoms with van der Waals surface area (Å²) in [6.45, 7) is 0.608. The van der Waals surface area contributed by atoms with Gasteiger partial charge in [0.1, 0.15) is 12.6 Å². The zero-order valence-corrected chi connectivity index (χ0v) is 19.8. The van der Waals surface area contributed by atoms with E-state index >= 15 is 0 Å². The molecule has 0 saturated carbocycles. The van der Waals surface area contributed by atoms with E-state index in [1.54, 1.807) is 18.2 Å². The standard InChI is InChI=1S/C24H31N3O6S/c25-23(29)21(15-17-34(31,32)20-12-6-2-7-13-20)27-22(28)14-8-3-9-16-26-24(30)33-18-19-10-4-1-5-11-19/h1-2,4-7,10-13,21H,3,8-9,14-18H2,(H2,25,29)(H,26,30)(H,27,28)/t21-/m0/s1. The molecule has 0 unspecified atom stereocenters. The van der Waals surface area contributed by atoms with Gasteiger partial charge in [-0.3, -0.25) is 9.59 Å². The third kappa shape index (κ3) is 10.0. The van der Waals surface area contributed by atoms with E-state index in [-0.39, 0.29) is 36.0 Å². The maximum atomic E-state index is 12.4. The normalized spacial score (nSPS) is 11.9. The van der Waals surface area contributed by atoms with Gasteiger partial charge in [0.25, 0.3) is 0 Å². The van der Waals surface area contributed by atoms with Crippen molar-refractivity contribution >= 4 is 27.7 Å². The smallest absolute Gasteiger partial charge is 0.407 e. The second kappa shape index (κ2) is 14.0. The lowest BCUT2D eigenvalue weighted by atomic mass is 10.1. The van der Waals surface area contributed by atoms with Gasteiger partial charge in [0.15, 0.2) is 9.84 Å². The van der Waals surface area contributed by atoms with Gasteiger partial charge < -0.3 is 21.1 Å². The summed E-state index contributed by atoms with van der Waals surface area (Å²) in [7, 11) is -3.58. The molecular weight excluding hydrogens is 458 g/mol. The number of benzene rings is 2. The monoisotopic (exact) mass is 489 g/mol. The van der Waals surface area contributed by atoms with Crippen molar-refractivity contribution in [2.75, 3.05) is 12.3 Å². The number of alkyl carbamates (subject to hydrolysis) is 1. The van der Waals surface area contributed by atoms with Gasteiger partial charge in [0.2, 0.25) is 11.8 Å². The summed E-state index contributed by atoms with van der Waals surface area (Å²) in [5, 5.41) is 5.17. The fourth-order valence-corrected chi connectivity index (χ4v) is 4.48. The summed E-state index contributed by atoms with van der Waals surface area (Å²) in [5.41, 5.74) is 6.24. The van der Waals surface area contributed by atoms with Crippen LogP contribution in [0.15, 0.2) is 65.6 Å². The number of carbonyl (C=O) groups excluding carboxylic acids is 3. The molecule has 2 rings (SSSR count). The highest BCUT2D eigenvalue weighted by molar-refractivity contribution is 7.91. The molecule has 0 radical (unpaired) electrons. The quantitative estimate of drug-likeness (QED) is 0.347. The first-order valence-electron chi connectivity index (χ1n) is 11.1. The summed E-state index contributed by atoms with van der Waals surface area (Å²) in [4.78, 5) is 35.7. The van der Waals surface area contributed by atoms with Crippen LogP contribution in [0.2, 0.25) is 0 Å². The Kier molecular flexibility index (Phi) is 11.0. The van der Waals surface area contributed by atoms with Gasteiger partial charge in [0, 0.05) is 13.0 Å². The average molecular weight is 490 g/mol. The van der Waals surface area contributed by atoms with E-state index in [1.807, 2.05) is 30.3 Å². The SMILES string of the molecule is NC(=O)[C@H](CCS(=O)(=O)c1ccccc1)NC(=O)CCCCCNC(=O)OCc1ccccc1. The van der Waals surface area contributed by atoms with Gasteiger partial charge >= 0.3 is 6.09 Å². The number of sulfone groups is 1. The third-order valence-corrected chi connectivity index (χ3v) is 6.78. The van der Waals surface area contributed by atoms with Crippen molar-refractivity contribution < 1.29 is 27.5 Å². The van der Waals surface area contributed by atoms with Crippen LogP contribution in [-0.4, -0.2) is 44.7 Å². The van der Waals surface area contributed by atoms with Crippen LogP contribution in [-0.2, 0) is 30.8 Å².